The van der Waals surface area contributed by atoms with Crippen molar-refractivity contribution in [1.29, 1.82) is 5.26 Å². The molecule has 0 saturated carbocycles. The molecule has 11 heteroatoms. The van der Waals surface area contributed by atoms with Crippen molar-refractivity contribution in [3.8, 4) is 11.8 Å². The molecule has 1 aliphatic rings. The van der Waals surface area contributed by atoms with Crippen molar-refractivity contribution < 1.29 is 14.3 Å². The summed E-state index contributed by atoms with van der Waals surface area (Å²) in [7, 11) is 0. The van der Waals surface area contributed by atoms with Crippen molar-refractivity contribution in [1.82, 2.24) is 4.57 Å². The summed E-state index contributed by atoms with van der Waals surface area (Å²) in [6, 6.07) is 11.6. The van der Waals surface area contributed by atoms with E-state index in [9.17, 15) is 9.59 Å². The van der Waals surface area contributed by atoms with Gasteiger partial charge in [0.25, 0.3) is 5.56 Å². The van der Waals surface area contributed by atoms with Gasteiger partial charge in [-0.1, -0.05) is 52.7 Å². The van der Waals surface area contributed by atoms with Crippen LogP contribution in [0, 0.1) is 14.9 Å². The average Bonchev–Trinajstić information content (AvgIpc) is 3.12. The number of halogens is 3. The smallest absolute Gasteiger partial charge is 0.338 e. The maximum atomic E-state index is 13.8. The maximum Gasteiger partial charge on any atom is 0.338 e. The van der Waals surface area contributed by atoms with Crippen molar-refractivity contribution in [2.45, 2.75) is 19.9 Å². The van der Waals surface area contributed by atoms with Gasteiger partial charge in [0.05, 0.1) is 26.0 Å². The molecule has 36 heavy (non-hydrogen) atoms. The first-order chi connectivity index (χ1) is 17.3. The zero-order valence-electron chi connectivity index (χ0n) is 19.0. The van der Waals surface area contributed by atoms with Gasteiger partial charge in [-0.15, -0.1) is 0 Å². The van der Waals surface area contributed by atoms with Crippen LogP contribution in [-0.2, 0) is 9.53 Å². The van der Waals surface area contributed by atoms with E-state index in [1.165, 1.54) is 15.9 Å². The van der Waals surface area contributed by atoms with Gasteiger partial charge in [0.2, 0.25) is 0 Å². The molecule has 2 aromatic carbocycles. The third-order valence-corrected chi connectivity index (χ3v) is 7.67. The van der Waals surface area contributed by atoms with E-state index in [2.05, 4.69) is 27.6 Å². The van der Waals surface area contributed by atoms with E-state index >= 15 is 0 Å². The fraction of sp³-hybridized carbons (Fsp3) is 0.200. The van der Waals surface area contributed by atoms with Crippen LogP contribution in [-0.4, -0.2) is 23.8 Å². The Morgan fingerprint density at radius 1 is 1.33 bits per heavy atom. The molecular weight excluding hydrogens is 636 g/mol. The standard InChI is InChI=1S/C25H18Cl2IN3O4S/c1-3-34-24(33)20-13(2)30-25-31(21(20)16-6-4-5-7-17(16)27)23(32)19(36-25)11-14-10-15(26)12-18(28)22(14)35-9-8-29/h4-7,10-12,21H,3,9H2,1-2H3/b19-11-/t21-/m1/s1. The number of allylic oxidation sites excluding steroid dienone is 1. The van der Waals surface area contributed by atoms with E-state index in [0.717, 1.165) is 0 Å². The number of carbonyl (C=O) groups is 1. The predicted molar refractivity (Wildman–Crippen MR) is 147 cm³/mol. The summed E-state index contributed by atoms with van der Waals surface area (Å²) in [4.78, 5) is 31.7. The molecule has 0 spiro atoms. The minimum Gasteiger partial charge on any atom is -0.477 e. The molecule has 4 rings (SSSR count). The topological polar surface area (TPSA) is 93.7 Å². The molecule has 184 valence electrons. The van der Waals surface area contributed by atoms with E-state index in [1.807, 2.05) is 6.07 Å². The van der Waals surface area contributed by atoms with Crippen LogP contribution in [0.15, 0.2) is 57.5 Å². The Balaban J connectivity index is 1.99. The van der Waals surface area contributed by atoms with Crippen molar-refractivity contribution in [2.75, 3.05) is 13.2 Å². The number of hydrogen-bond acceptors (Lipinski definition) is 7. The molecule has 0 N–H and O–H groups in total. The van der Waals surface area contributed by atoms with Gasteiger partial charge >= 0.3 is 5.97 Å². The summed E-state index contributed by atoms with van der Waals surface area (Å²) in [6.45, 7) is 3.44. The second-order valence-electron chi connectivity index (χ2n) is 7.58. The molecule has 3 aromatic rings. The van der Waals surface area contributed by atoms with Crippen LogP contribution in [0.5, 0.6) is 5.75 Å². The van der Waals surface area contributed by atoms with Crippen LogP contribution in [0.4, 0.5) is 0 Å². The van der Waals surface area contributed by atoms with Gasteiger partial charge in [0.15, 0.2) is 11.4 Å². The van der Waals surface area contributed by atoms with E-state index < -0.39 is 12.0 Å². The van der Waals surface area contributed by atoms with Crippen molar-refractivity contribution >= 4 is 69.2 Å². The first kappa shape index (κ1) is 26.4. The Labute approximate surface area is 234 Å². The van der Waals surface area contributed by atoms with Gasteiger partial charge in [-0.05, 0) is 66.3 Å². The third kappa shape index (κ3) is 5.09. The van der Waals surface area contributed by atoms with E-state index in [-0.39, 0.29) is 24.3 Å². The minimum absolute atomic E-state index is 0.158. The highest BCUT2D eigenvalue weighted by Crippen LogP contribution is 2.34. The number of nitrogens with zero attached hydrogens (tertiary/aromatic N) is 3. The molecular formula is C25H18Cl2IN3O4S. The Kier molecular flexibility index (Phi) is 8.20. The van der Waals surface area contributed by atoms with Gasteiger partial charge in [0.1, 0.15) is 17.9 Å². The number of benzene rings is 2. The SMILES string of the molecule is CCOC(=O)C1=C(C)N=c2s/c(=C\c3cc(Cl)cc(I)c3OCC#N)c(=O)n2[C@@H]1c1ccccc1Cl. The number of thiazole rings is 1. The number of ether oxygens (including phenoxy) is 2. The zero-order chi connectivity index (χ0) is 26.0. The first-order valence-corrected chi connectivity index (χ1v) is 13.3. The Hall–Kier alpha value is -2.65. The second-order valence-corrected chi connectivity index (χ2v) is 10.6. The minimum atomic E-state index is -0.815. The fourth-order valence-corrected chi connectivity index (χ4v) is 6.36. The Morgan fingerprint density at radius 2 is 2.08 bits per heavy atom. The van der Waals surface area contributed by atoms with Crippen LogP contribution in [0.1, 0.15) is 31.0 Å². The molecule has 0 amide bonds. The lowest BCUT2D eigenvalue weighted by atomic mass is 9.96. The lowest BCUT2D eigenvalue weighted by molar-refractivity contribution is -0.139. The summed E-state index contributed by atoms with van der Waals surface area (Å²) in [5.41, 5.74) is 1.46. The molecule has 0 fully saturated rings. The summed E-state index contributed by atoms with van der Waals surface area (Å²) in [5.74, 6) is -0.118. The van der Waals surface area contributed by atoms with Crippen LogP contribution in [0.3, 0.4) is 0 Å². The maximum absolute atomic E-state index is 13.8. The lowest BCUT2D eigenvalue weighted by Crippen LogP contribution is -2.40. The third-order valence-electron chi connectivity index (χ3n) is 5.32. The highest BCUT2D eigenvalue weighted by molar-refractivity contribution is 14.1. The largest absolute Gasteiger partial charge is 0.477 e. The number of fused-ring (bicyclic) bond motifs is 1. The molecule has 1 aromatic heterocycles. The zero-order valence-corrected chi connectivity index (χ0v) is 23.5. The van der Waals surface area contributed by atoms with Crippen LogP contribution in [0.25, 0.3) is 6.08 Å². The molecule has 0 aliphatic carbocycles. The van der Waals surface area contributed by atoms with Crippen LogP contribution < -0.4 is 19.6 Å². The number of aromatic nitrogens is 1. The van der Waals surface area contributed by atoms with Crippen molar-refractivity contribution in [3.63, 3.8) is 0 Å². The van der Waals surface area contributed by atoms with Gasteiger partial charge in [-0.3, -0.25) is 9.36 Å². The normalized spacial score (nSPS) is 15.2. The van der Waals surface area contributed by atoms with Gasteiger partial charge < -0.3 is 9.47 Å². The summed E-state index contributed by atoms with van der Waals surface area (Å²) in [6.07, 6.45) is 1.65. The quantitative estimate of drug-likeness (QED) is 0.286. The van der Waals surface area contributed by atoms with E-state index in [0.29, 0.717) is 45.5 Å². The molecule has 2 heterocycles. The van der Waals surface area contributed by atoms with E-state index in [1.54, 1.807) is 56.3 Å². The number of nitriles is 1. The monoisotopic (exact) mass is 653 g/mol. The molecule has 0 unspecified atom stereocenters. The van der Waals surface area contributed by atoms with Crippen molar-refractivity contribution in [3.05, 3.63) is 92.1 Å². The fourth-order valence-electron chi connectivity index (χ4n) is 3.87. The molecule has 0 bridgehead atoms. The lowest BCUT2D eigenvalue weighted by Gasteiger charge is -2.25. The Morgan fingerprint density at radius 3 is 2.78 bits per heavy atom. The van der Waals surface area contributed by atoms with Crippen LogP contribution >= 0.6 is 57.1 Å². The number of carbonyl (C=O) groups excluding carboxylic acids is 1. The van der Waals surface area contributed by atoms with Gasteiger partial charge in [-0.2, -0.15) is 5.26 Å². The average molecular weight is 654 g/mol. The second kappa shape index (κ2) is 11.2. The molecule has 0 radical (unpaired) electrons. The van der Waals surface area contributed by atoms with E-state index in [4.69, 9.17) is 37.9 Å². The molecule has 1 atom stereocenters. The van der Waals surface area contributed by atoms with Crippen LogP contribution in [0.2, 0.25) is 10.0 Å². The van der Waals surface area contributed by atoms with Crippen molar-refractivity contribution in [2.24, 2.45) is 4.99 Å². The molecule has 0 saturated heterocycles. The summed E-state index contributed by atoms with van der Waals surface area (Å²) < 4.78 is 13.4. The number of hydrogen-bond donors (Lipinski definition) is 0. The summed E-state index contributed by atoms with van der Waals surface area (Å²) in [5, 5.41) is 9.83. The Bertz CT molecular complexity index is 1620. The highest BCUT2D eigenvalue weighted by atomic mass is 127. The first-order valence-electron chi connectivity index (χ1n) is 10.7. The predicted octanol–water partition coefficient (Wildman–Crippen LogP) is 4.61. The number of rotatable bonds is 6. The molecule has 1 aliphatic heterocycles. The summed E-state index contributed by atoms with van der Waals surface area (Å²) >= 11 is 16.0. The molecule has 7 nitrogen and oxygen atoms in total. The number of esters is 1. The van der Waals surface area contributed by atoms with Gasteiger partial charge in [-0.25, -0.2) is 9.79 Å². The highest BCUT2D eigenvalue weighted by Gasteiger charge is 2.34. The van der Waals surface area contributed by atoms with Gasteiger partial charge in [0, 0.05) is 15.6 Å².